The maximum atomic E-state index is 5.18. The zero-order chi connectivity index (χ0) is 9.84. The molecule has 1 aromatic rings. The number of hydrazone groups is 1. The Morgan fingerprint density at radius 2 is 2.54 bits per heavy atom. The minimum absolute atomic E-state index is 0.147. The van der Waals surface area contributed by atoms with Crippen molar-refractivity contribution in [3.8, 4) is 0 Å². The number of hydrogen-bond acceptors (Lipinski definition) is 4. The second-order valence-electron chi connectivity index (χ2n) is 2.18. The second kappa shape index (κ2) is 4.64. The quantitative estimate of drug-likeness (QED) is 0.488. The van der Waals surface area contributed by atoms with E-state index in [2.05, 4.69) is 43.0 Å². The normalized spacial score (nSPS) is 10.6. The third-order valence-electron chi connectivity index (χ3n) is 1.17. The number of nitrogens with two attached hydrogens (primary N) is 1. The molecule has 0 aliphatic rings. The van der Waals surface area contributed by atoms with Crippen LogP contribution in [0.3, 0.4) is 0 Å². The molecule has 1 rings (SSSR count). The van der Waals surface area contributed by atoms with Crippen LogP contribution in [-0.4, -0.2) is 15.7 Å². The first-order valence-corrected chi connectivity index (χ1v) is 5.29. The van der Waals surface area contributed by atoms with E-state index >= 15 is 0 Å². The number of nitrogens with zero attached hydrogens (tertiary/aromatic N) is 2. The SMILES string of the molecule is Cc1nsc(/C=N/NC(N)=S)c1Br. The number of rotatable bonds is 2. The molecule has 3 N–H and O–H groups in total. The standard InChI is InChI=1S/C6H7BrN4S2/c1-3-5(7)4(13-11-3)2-9-10-6(8)12/h2H,1H3,(H3,8,10,12)/b9-2+. The van der Waals surface area contributed by atoms with Crippen LogP contribution in [0.15, 0.2) is 9.57 Å². The summed E-state index contributed by atoms with van der Waals surface area (Å²) in [6.45, 7) is 1.92. The van der Waals surface area contributed by atoms with Gasteiger partial charge in [-0.15, -0.1) is 0 Å². The molecule has 0 fully saturated rings. The molecule has 70 valence electrons. The van der Waals surface area contributed by atoms with Gasteiger partial charge in [-0.3, -0.25) is 5.43 Å². The van der Waals surface area contributed by atoms with Crippen LogP contribution in [0.2, 0.25) is 0 Å². The van der Waals surface area contributed by atoms with Crippen molar-refractivity contribution in [2.24, 2.45) is 10.8 Å². The van der Waals surface area contributed by atoms with E-state index in [1.165, 1.54) is 11.5 Å². The zero-order valence-corrected chi connectivity index (χ0v) is 9.96. The van der Waals surface area contributed by atoms with Gasteiger partial charge in [0.2, 0.25) is 0 Å². The Hall–Kier alpha value is -0.530. The molecular weight excluding hydrogens is 272 g/mol. The highest BCUT2D eigenvalue weighted by Gasteiger charge is 2.04. The predicted molar refractivity (Wildman–Crippen MR) is 62.1 cm³/mol. The van der Waals surface area contributed by atoms with E-state index in [1.807, 2.05) is 6.92 Å². The summed E-state index contributed by atoms with van der Waals surface area (Å²) in [5, 5.41) is 3.96. The first-order valence-electron chi connectivity index (χ1n) is 3.31. The molecule has 13 heavy (non-hydrogen) atoms. The molecule has 0 saturated carbocycles. The van der Waals surface area contributed by atoms with Gasteiger partial charge in [-0.1, -0.05) is 0 Å². The number of aromatic nitrogens is 1. The Labute approximate surface area is 93.5 Å². The molecule has 0 aromatic carbocycles. The lowest BCUT2D eigenvalue weighted by molar-refractivity contribution is 1.04. The molecule has 0 amide bonds. The van der Waals surface area contributed by atoms with Crippen LogP contribution in [0.5, 0.6) is 0 Å². The van der Waals surface area contributed by atoms with Crippen molar-refractivity contribution in [2.75, 3.05) is 0 Å². The Morgan fingerprint density at radius 1 is 1.85 bits per heavy atom. The summed E-state index contributed by atoms with van der Waals surface area (Å²) in [7, 11) is 0. The number of hydrogen-bond donors (Lipinski definition) is 2. The summed E-state index contributed by atoms with van der Waals surface area (Å²) >= 11 is 9.32. The predicted octanol–water partition coefficient (Wildman–Crippen LogP) is 1.38. The number of thiocarbonyl (C=S) groups is 1. The van der Waals surface area contributed by atoms with Gasteiger partial charge in [-0.2, -0.15) is 9.47 Å². The van der Waals surface area contributed by atoms with Crippen LogP contribution in [-0.2, 0) is 0 Å². The van der Waals surface area contributed by atoms with E-state index in [4.69, 9.17) is 5.73 Å². The van der Waals surface area contributed by atoms with E-state index in [9.17, 15) is 0 Å². The van der Waals surface area contributed by atoms with Gasteiger partial charge in [0.25, 0.3) is 0 Å². The first kappa shape index (κ1) is 10.6. The van der Waals surface area contributed by atoms with E-state index in [1.54, 1.807) is 6.21 Å². The minimum atomic E-state index is 0.147. The highest BCUT2D eigenvalue weighted by molar-refractivity contribution is 9.10. The van der Waals surface area contributed by atoms with Crippen LogP contribution in [0.4, 0.5) is 0 Å². The summed E-state index contributed by atoms with van der Waals surface area (Å²) in [5.74, 6) is 0. The Balaban J connectivity index is 2.69. The van der Waals surface area contributed by atoms with Gasteiger partial charge in [-0.25, -0.2) is 0 Å². The molecule has 0 atom stereocenters. The van der Waals surface area contributed by atoms with Gasteiger partial charge in [0, 0.05) is 0 Å². The molecule has 7 heteroatoms. The first-order chi connectivity index (χ1) is 6.11. The average molecular weight is 279 g/mol. The van der Waals surface area contributed by atoms with Crippen molar-refractivity contribution in [3.63, 3.8) is 0 Å². The van der Waals surface area contributed by atoms with E-state index in [0.29, 0.717) is 0 Å². The molecule has 1 aromatic heterocycles. The van der Waals surface area contributed by atoms with Crippen LogP contribution in [0.1, 0.15) is 10.6 Å². The third kappa shape index (κ3) is 3.02. The molecule has 0 unspecified atom stereocenters. The minimum Gasteiger partial charge on any atom is -0.375 e. The summed E-state index contributed by atoms with van der Waals surface area (Å²) < 4.78 is 5.08. The average Bonchev–Trinajstić information content (AvgIpc) is 2.35. The number of aryl methyl sites for hydroxylation is 1. The van der Waals surface area contributed by atoms with Gasteiger partial charge >= 0.3 is 0 Å². The van der Waals surface area contributed by atoms with Gasteiger partial charge in [0.05, 0.1) is 21.3 Å². The van der Waals surface area contributed by atoms with Crippen molar-refractivity contribution >= 4 is 51.0 Å². The van der Waals surface area contributed by atoms with E-state index in [-0.39, 0.29) is 5.11 Å². The molecule has 0 aliphatic carbocycles. The van der Waals surface area contributed by atoms with E-state index in [0.717, 1.165) is 15.0 Å². The monoisotopic (exact) mass is 278 g/mol. The Kier molecular flexibility index (Phi) is 3.76. The highest BCUT2D eigenvalue weighted by atomic mass is 79.9. The van der Waals surface area contributed by atoms with Crippen molar-refractivity contribution < 1.29 is 0 Å². The molecule has 0 spiro atoms. The fourth-order valence-electron chi connectivity index (χ4n) is 0.611. The molecule has 0 radical (unpaired) electrons. The fraction of sp³-hybridized carbons (Fsp3) is 0.167. The van der Waals surface area contributed by atoms with Crippen molar-refractivity contribution in [1.29, 1.82) is 0 Å². The molecule has 0 bridgehead atoms. The second-order valence-corrected chi connectivity index (χ2v) is 4.22. The molecule has 1 heterocycles. The maximum Gasteiger partial charge on any atom is 0.184 e. The summed E-state index contributed by atoms with van der Waals surface area (Å²) in [4.78, 5) is 0.932. The van der Waals surface area contributed by atoms with Crippen LogP contribution >= 0.6 is 39.7 Å². The molecular formula is C6H7BrN4S2. The lowest BCUT2D eigenvalue weighted by Gasteiger charge is -1.92. The Bertz CT molecular complexity index is 346. The molecule has 4 nitrogen and oxygen atoms in total. The van der Waals surface area contributed by atoms with Crippen molar-refractivity contribution in [3.05, 3.63) is 15.0 Å². The number of nitrogens with one attached hydrogen (secondary N) is 1. The van der Waals surface area contributed by atoms with Gasteiger partial charge in [0.15, 0.2) is 5.11 Å². The van der Waals surface area contributed by atoms with Crippen molar-refractivity contribution in [2.45, 2.75) is 6.92 Å². The van der Waals surface area contributed by atoms with Crippen LogP contribution in [0.25, 0.3) is 0 Å². The highest BCUT2D eigenvalue weighted by Crippen LogP contribution is 2.22. The van der Waals surface area contributed by atoms with Crippen molar-refractivity contribution in [1.82, 2.24) is 9.80 Å². The lowest BCUT2D eigenvalue weighted by Crippen LogP contribution is -2.23. The van der Waals surface area contributed by atoms with Gasteiger partial charge in [0.1, 0.15) is 0 Å². The lowest BCUT2D eigenvalue weighted by atomic mass is 10.4. The fourth-order valence-corrected chi connectivity index (χ4v) is 1.84. The van der Waals surface area contributed by atoms with Gasteiger partial charge in [-0.05, 0) is 46.6 Å². The third-order valence-corrected chi connectivity index (χ3v) is 3.40. The largest absolute Gasteiger partial charge is 0.375 e. The summed E-state index contributed by atoms with van der Waals surface area (Å²) in [5.41, 5.74) is 8.60. The van der Waals surface area contributed by atoms with E-state index < -0.39 is 0 Å². The Morgan fingerprint density at radius 3 is 3.00 bits per heavy atom. The van der Waals surface area contributed by atoms with Gasteiger partial charge < -0.3 is 5.73 Å². The smallest absolute Gasteiger partial charge is 0.184 e. The van der Waals surface area contributed by atoms with Crippen LogP contribution in [0, 0.1) is 6.92 Å². The molecule has 0 aliphatic heterocycles. The maximum absolute atomic E-state index is 5.18. The summed E-state index contributed by atoms with van der Waals surface area (Å²) in [6, 6.07) is 0. The molecule has 0 saturated heterocycles. The zero-order valence-electron chi connectivity index (χ0n) is 6.74. The number of halogens is 1. The van der Waals surface area contributed by atoms with Crippen LogP contribution < -0.4 is 11.2 Å². The summed E-state index contributed by atoms with van der Waals surface area (Å²) in [6.07, 6.45) is 1.62. The topological polar surface area (TPSA) is 63.3 Å².